The molecule has 0 spiro atoms. The highest BCUT2D eigenvalue weighted by atomic mass is 32.1. The minimum absolute atomic E-state index is 0.654. The number of aryl methyl sites for hydroxylation is 1. The van der Waals surface area contributed by atoms with Gasteiger partial charge in [-0.15, -0.1) is 11.3 Å². The molecule has 0 fully saturated rings. The quantitative estimate of drug-likeness (QED) is 0.173. The smallest absolute Gasteiger partial charge is 0.227 e. The highest BCUT2D eigenvalue weighted by Gasteiger charge is 2.18. The SMILES string of the molecule is C=C/C=C\c1oc2cc(N(c3ccc(-c4cnc5oc6ccccc6c5c4)cc3)c3ccc4c(c3)sc3ccccc34)ccc2c1C. The van der Waals surface area contributed by atoms with Crippen molar-refractivity contribution >= 4 is 87.7 Å². The van der Waals surface area contributed by atoms with Gasteiger partial charge in [0, 0.05) is 76.8 Å². The van der Waals surface area contributed by atoms with Crippen LogP contribution in [0.3, 0.4) is 0 Å². The molecule has 0 bridgehead atoms. The number of hydrogen-bond donors (Lipinski definition) is 0. The summed E-state index contributed by atoms with van der Waals surface area (Å²) in [5.41, 5.74) is 8.74. The Morgan fingerprint density at radius 1 is 0.638 bits per heavy atom. The first-order chi connectivity index (χ1) is 23.1. The molecule has 0 N–H and O–H groups in total. The molecule has 9 aromatic rings. The van der Waals surface area contributed by atoms with Crippen molar-refractivity contribution in [3.63, 3.8) is 0 Å². The summed E-state index contributed by atoms with van der Waals surface area (Å²) in [6.45, 7) is 5.90. The third-order valence-electron chi connectivity index (χ3n) is 8.91. The highest BCUT2D eigenvalue weighted by molar-refractivity contribution is 7.25. The summed E-state index contributed by atoms with van der Waals surface area (Å²) < 4.78 is 14.8. The van der Waals surface area contributed by atoms with E-state index in [0.717, 1.165) is 66.8 Å². The molecule has 0 radical (unpaired) electrons. The molecule has 0 unspecified atom stereocenters. The van der Waals surface area contributed by atoms with Crippen LogP contribution in [-0.2, 0) is 0 Å². The molecule has 4 aromatic heterocycles. The van der Waals surface area contributed by atoms with Crippen molar-refractivity contribution in [2.45, 2.75) is 6.92 Å². The fourth-order valence-electron chi connectivity index (χ4n) is 6.56. The molecule has 4 nitrogen and oxygen atoms in total. The summed E-state index contributed by atoms with van der Waals surface area (Å²) in [5, 5.41) is 5.75. The first kappa shape index (κ1) is 27.4. The van der Waals surface area contributed by atoms with Gasteiger partial charge in [-0.05, 0) is 73.2 Å². The monoisotopic (exact) mass is 624 g/mol. The third kappa shape index (κ3) is 4.55. The summed E-state index contributed by atoms with van der Waals surface area (Å²) in [6.07, 6.45) is 7.52. The number of benzene rings is 5. The molecular formula is C42H28N2O2S. The fraction of sp³-hybridized carbons (Fsp3) is 0.0238. The predicted molar refractivity (Wildman–Crippen MR) is 198 cm³/mol. The number of hydrogen-bond acceptors (Lipinski definition) is 5. The lowest BCUT2D eigenvalue weighted by atomic mass is 10.0. The van der Waals surface area contributed by atoms with Crippen LogP contribution in [-0.4, -0.2) is 4.98 Å². The van der Waals surface area contributed by atoms with Gasteiger partial charge in [-0.25, -0.2) is 4.98 Å². The lowest BCUT2D eigenvalue weighted by molar-refractivity contribution is 0.601. The van der Waals surface area contributed by atoms with Crippen LogP contribution in [0.15, 0.2) is 149 Å². The number of aromatic nitrogens is 1. The molecule has 5 heteroatoms. The molecule has 0 aliphatic heterocycles. The number of thiophene rings is 1. The Labute approximate surface area is 275 Å². The minimum atomic E-state index is 0.654. The van der Waals surface area contributed by atoms with Crippen LogP contribution < -0.4 is 4.90 Å². The van der Waals surface area contributed by atoms with Crippen molar-refractivity contribution in [3.8, 4) is 11.1 Å². The van der Waals surface area contributed by atoms with E-state index in [1.165, 1.54) is 20.2 Å². The van der Waals surface area contributed by atoms with Gasteiger partial charge >= 0.3 is 0 Å². The second-order valence-corrected chi connectivity index (χ2v) is 12.8. The van der Waals surface area contributed by atoms with E-state index in [0.29, 0.717) is 5.71 Å². The second-order valence-electron chi connectivity index (χ2n) is 11.7. The first-order valence-electron chi connectivity index (χ1n) is 15.6. The summed E-state index contributed by atoms with van der Waals surface area (Å²) in [6, 6.07) is 40.8. The Kier molecular flexibility index (Phi) is 6.33. The summed E-state index contributed by atoms with van der Waals surface area (Å²) >= 11 is 1.83. The van der Waals surface area contributed by atoms with Crippen LogP contribution in [0.25, 0.3) is 70.4 Å². The zero-order valence-electron chi connectivity index (χ0n) is 25.6. The van der Waals surface area contributed by atoms with Gasteiger partial charge < -0.3 is 13.7 Å². The number of fused-ring (bicyclic) bond motifs is 7. The molecule has 5 aromatic carbocycles. The van der Waals surface area contributed by atoms with Crippen molar-refractivity contribution < 1.29 is 8.83 Å². The maximum absolute atomic E-state index is 6.34. The van der Waals surface area contributed by atoms with Crippen molar-refractivity contribution in [1.29, 1.82) is 0 Å². The van der Waals surface area contributed by atoms with E-state index in [4.69, 9.17) is 8.83 Å². The maximum Gasteiger partial charge on any atom is 0.227 e. The van der Waals surface area contributed by atoms with E-state index >= 15 is 0 Å². The molecule has 0 amide bonds. The topological polar surface area (TPSA) is 42.4 Å². The number of para-hydroxylation sites is 1. The van der Waals surface area contributed by atoms with E-state index < -0.39 is 0 Å². The van der Waals surface area contributed by atoms with Crippen molar-refractivity contribution in [2.75, 3.05) is 4.90 Å². The van der Waals surface area contributed by atoms with Gasteiger partial charge in [0.05, 0.1) is 0 Å². The number of rotatable bonds is 6. The average molecular weight is 625 g/mol. The zero-order chi connectivity index (χ0) is 31.5. The summed E-state index contributed by atoms with van der Waals surface area (Å²) in [4.78, 5) is 6.96. The Morgan fingerprint density at radius 3 is 2.21 bits per heavy atom. The normalized spacial score (nSPS) is 11.9. The minimum Gasteiger partial charge on any atom is -0.456 e. The highest BCUT2D eigenvalue weighted by Crippen LogP contribution is 2.42. The average Bonchev–Trinajstić information content (AvgIpc) is 3.77. The molecule has 0 saturated carbocycles. The Morgan fingerprint density at radius 2 is 1.36 bits per heavy atom. The molecule has 0 aliphatic carbocycles. The largest absolute Gasteiger partial charge is 0.456 e. The lowest BCUT2D eigenvalue weighted by Gasteiger charge is -2.26. The molecule has 47 heavy (non-hydrogen) atoms. The fourth-order valence-corrected chi connectivity index (χ4v) is 7.70. The lowest BCUT2D eigenvalue weighted by Crippen LogP contribution is -2.09. The van der Waals surface area contributed by atoms with Crippen molar-refractivity contribution in [3.05, 3.63) is 152 Å². The molecule has 0 atom stereocenters. The van der Waals surface area contributed by atoms with Crippen LogP contribution in [0, 0.1) is 6.92 Å². The van der Waals surface area contributed by atoms with Gasteiger partial charge in [0.15, 0.2) is 0 Å². The zero-order valence-corrected chi connectivity index (χ0v) is 26.4. The number of pyridine rings is 1. The Balaban J connectivity index is 1.17. The summed E-state index contributed by atoms with van der Waals surface area (Å²) in [7, 11) is 0. The van der Waals surface area contributed by atoms with Gasteiger partial charge in [-0.2, -0.15) is 0 Å². The van der Waals surface area contributed by atoms with Crippen LogP contribution in [0.4, 0.5) is 17.1 Å². The van der Waals surface area contributed by atoms with Crippen LogP contribution >= 0.6 is 11.3 Å². The maximum atomic E-state index is 6.34. The van der Waals surface area contributed by atoms with E-state index in [1.54, 1.807) is 6.08 Å². The van der Waals surface area contributed by atoms with Crippen molar-refractivity contribution in [2.24, 2.45) is 0 Å². The van der Waals surface area contributed by atoms with E-state index in [2.05, 4.69) is 120 Å². The number of furan rings is 2. The third-order valence-corrected chi connectivity index (χ3v) is 10.0. The van der Waals surface area contributed by atoms with Gasteiger partial charge in [-0.3, -0.25) is 0 Å². The van der Waals surface area contributed by atoms with Gasteiger partial charge in [-0.1, -0.05) is 73.3 Å². The standard InChI is InChI=1S/C42H28N2O2S/c1-3-4-11-37-26(2)32-20-18-30(23-39(32)45-37)44(31-19-21-35-34-10-6-8-13-40(34)47-41(35)24-31)29-16-14-27(15-17-29)28-22-36-33-9-5-7-12-38(33)46-42(36)43-25-28/h3-25H,1H2,2H3/b11-4-. The van der Waals surface area contributed by atoms with Crippen LogP contribution in [0.2, 0.25) is 0 Å². The van der Waals surface area contributed by atoms with Crippen molar-refractivity contribution in [1.82, 2.24) is 4.98 Å². The first-order valence-corrected chi connectivity index (χ1v) is 16.4. The van der Waals surface area contributed by atoms with Crippen LogP contribution in [0.1, 0.15) is 11.3 Å². The number of nitrogens with zero attached hydrogens (tertiary/aromatic N) is 2. The van der Waals surface area contributed by atoms with Gasteiger partial charge in [0.25, 0.3) is 0 Å². The van der Waals surface area contributed by atoms with E-state index in [-0.39, 0.29) is 0 Å². The van der Waals surface area contributed by atoms with Crippen LogP contribution in [0.5, 0.6) is 0 Å². The van der Waals surface area contributed by atoms with E-state index in [1.807, 2.05) is 47.9 Å². The Hall–Kier alpha value is -5.91. The number of allylic oxidation sites excluding steroid dienone is 2. The molecule has 0 saturated heterocycles. The summed E-state index contributed by atoms with van der Waals surface area (Å²) in [5.74, 6) is 0.843. The molecule has 9 rings (SSSR count). The molecule has 4 heterocycles. The predicted octanol–water partition coefficient (Wildman–Crippen LogP) is 12.7. The van der Waals surface area contributed by atoms with Gasteiger partial charge in [0.2, 0.25) is 5.71 Å². The second kappa shape index (κ2) is 10.9. The van der Waals surface area contributed by atoms with E-state index in [9.17, 15) is 0 Å². The Bertz CT molecular complexity index is 2670. The molecular weight excluding hydrogens is 597 g/mol. The molecule has 224 valence electrons. The van der Waals surface area contributed by atoms with Gasteiger partial charge in [0.1, 0.15) is 16.9 Å². The number of anilines is 3. The molecule has 0 aliphatic rings.